The molecule has 0 unspecified atom stereocenters. The van der Waals surface area contributed by atoms with Gasteiger partial charge in [-0.2, -0.15) is 0 Å². The molecular formula is C18H19ClN4O3S. The first-order chi connectivity index (χ1) is 12.9. The van der Waals surface area contributed by atoms with Crippen LogP contribution < -0.4 is 10.0 Å². The number of nitrogens with zero attached hydrogens (tertiary/aromatic N) is 2. The molecule has 27 heavy (non-hydrogen) atoms. The van der Waals surface area contributed by atoms with Crippen molar-refractivity contribution in [1.29, 1.82) is 0 Å². The second-order valence-corrected chi connectivity index (χ2v) is 8.16. The van der Waals surface area contributed by atoms with E-state index in [9.17, 15) is 13.2 Å². The Morgan fingerprint density at radius 3 is 2.52 bits per heavy atom. The average molecular weight is 407 g/mol. The molecule has 1 aliphatic rings. The molecule has 0 spiro atoms. The van der Waals surface area contributed by atoms with E-state index in [0.29, 0.717) is 35.2 Å². The third-order valence-corrected chi connectivity index (χ3v) is 5.66. The molecule has 1 aliphatic heterocycles. The van der Waals surface area contributed by atoms with E-state index in [2.05, 4.69) is 20.0 Å². The first kappa shape index (κ1) is 19.3. The molecule has 0 aliphatic carbocycles. The molecule has 2 aromatic rings. The van der Waals surface area contributed by atoms with Gasteiger partial charge in [-0.3, -0.25) is 14.5 Å². The van der Waals surface area contributed by atoms with Gasteiger partial charge in [0.25, 0.3) is 15.9 Å². The molecule has 7 nitrogen and oxygen atoms in total. The fraction of sp³-hybridized carbons (Fsp3) is 0.278. The summed E-state index contributed by atoms with van der Waals surface area (Å²) in [5.74, 6) is 0.140. The van der Waals surface area contributed by atoms with Gasteiger partial charge in [0.2, 0.25) is 0 Å². The fourth-order valence-corrected chi connectivity index (χ4v) is 3.80. The summed E-state index contributed by atoms with van der Waals surface area (Å²) in [4.78, 5) is 20.4. The number of amidine groups is 1. The van der Waals surface area contributed by atoms with Crippen molar-refractivity contribution in [2.45, 2.75) is 30.6 Å². The van der Waals surface area contributed by atoms with Crippen molar-refractivity contribution in [2.24, 2.45) is 4.99 Å². The summed E-state index contributed by atoms with van der Waals surface area (Å²) >= 11 is 5.70. The van der Waals surface area contributed by atoms with Crippen LogP contribution in [0.1, 0.15) is 36.0 Å². The van der Waals surface area contributed by atoms with Gasteiger partial charge in [-0.1, -0.05) is 18.0 Å². The predicted octanol–water partition coefficient (Wildman–Crippen LogP) is 3.24. The van der Waals surface area contributed by atoms with Crippen molar-refractivity contribution in [3.8, 4) is 0 Å². The minimum atomic E-state index is -3.70. The van der Waals surface area contributed by atoms with Crippen LogP contribution in [0.2, 0.25) is 5.15 Å². The second-order valence-electron chi connectivity index (χ2n) is 6.09. The van der Waals surface area contributed by atoms with Crippen LogP contribution in [0.3, 0.4) is 0 Å². The van der Waals surface area contributed by atoms with Gasteiger partial charge in [0, 0.05) is 24.8 Å². The van der Waals surface area contributed by atoms with Gasteiger partial charge < -0.3 is 5.32 Å². The maximum atomic E-state index is 12.5. The summed E-state index contributed by atoms with van der Waals surface area (Å²) in [6.45, 7) is 0.641. The van der Waals surface area contributed by atoms with Crippen LogP contribution in [0, 0.1) is 0 Å². The maximum absolute atomic E-state index is 12.5. The highest BCUT2D eigenvalue weighted by Crippen LogP contribution is 2.16. The third-order valence-electron chi connectivity index (χ3n) is 4.04. The lowest BCUT2D eigenvalue weighted by Gasteiger charge is -2.10. The van der Waals surface area contributed by atoms with Crippen molar-refractivity contribution in [2.75, 3.05) is 11.9 Å². The summed E-state index contributed by atoms with van der Waals surface area (Å²) in [7, 11) is -3.70. The van der Waals surface area contributed by atoms with Crippen LogP contribution in [0.4, 0.5) is 5.69 Å². The van der Waals surface area contributed by atoms with Gasteiger partial charge in [-0.05, 0) is 49.2 Å². The number of rotatable bonds is 4. The number of halogens is 1. The van der Waals surface area contributed by atoms with Crippen LogP contribution in [-0.2, 0) is 10.0 Å². The second kappa shape index (κ2) is 8.49. The Balaban J connectivity index is 1.67. The van der Waals surface area contributed by atoms with E-state index < -0.39 is 10.0 Å². The molecule has 2 N–H and O–H groups in total. The normalized spacial score (nSPS) is 14.8. The average Bonchev–Trinajstić information content (AvgIpc) is 2.91. The van der Waals surface area contributed by atoms with Gasteiger partial charge in [0.15, 0.2) is 0 Å². The number of aromatic nitrogens is 1. The molecule has 0 saturated carbocycles. The lowest BCUT2D eigenvalue weighted by atomic mass is 10.2. The fourth-order valence-electron chi connectivity index (χ4n) is 2.60. The summed E-state index contributed by atoms with van der Waals surface area (Å²) < 4.78 is 27.6. The highest BCUT2D eigenvalue weighted by molar-refractivity contribution is 7.90. The first-order valence-electron chi connectivity index (χ1n) is 8.53. The Morgan fingerprint density at radius 1 is 1.04 bits per heavy atom. The Hall–Kier alpha value is -2.45. The van der Waals surface area contributed by atoms with Crippen molar-refractivity contribution in [1.82, 2.24) is 9.71 Å². The number of pyridine rings is 1. The highest BCUT2D eigenvalue weighted by Gasteiger charge is 2.17. The number of hydrogen-bond acceptors (Lipinski definition) is 5. The van der Waals surface area contributed by atoms with E-state index in [0.717, 1.165) is 19.3 Å². The zero-order valence-corrected chi connectivity index (χ0v) is 16.1. The number of carbonyl (C=O) groups excluding carboxylic acids is 1. The highest BCUT2D eigenvalue weighted by atomic mass is 35.5. The van der Waals surface area contributed by atoms with Crippen LogP contribution >= 0.6 is 11.6 Å². The Labute approximate surface area is 162 Å². The van der Waals surface area contributed by atoms with Crippen LogP contribution in [0.25, 0.3) is 0 Å². The molecule has 1 aromatic heterocycles. The Bertz CT molecular complexity index is 942. The molecule has 1 amide bonds. The Morgan fingerprint density at radius 2 is 1.81 bits per heavy atom. The molecule has 0 fully saturated rings. The number of benzene rings is 1. The first-order valence-corrected chi connectivity index (χ1v) is 10.4. The molecule has 0 radical (unpaired) electrons. The number of amides is 1. The third kappa shape index (κ3) is 5.27. The van der Waals surface area contributed by atoms with E-state index >= 15 is 0 Å². The lowest BCUT2D eigenvalue weighted by molar-refractivity contribution is 0.102. The van der Waals surface area contributed by atoms with Crippen LogP contribution in [-0.4, -0.2) is 31.7 Å². The SMILES string of the molecule is O=C(Nc1ccc(S(=O)(=O)NC2=NCCCCC2)cc1)c1ccc(Cl)nc1. The number of aliphatic imine (C=N–C) groups is 1. The maximum Gasteiger partial charge on any atom is 0.262 e. The zero-order chi connectivity index (χ0) is 19.3. The monoisotopic (exact) mass is 406 g/mol. The quantitative estimate of drug-likeness (QED) is 0.761. The molecule has 0 saturated heterocycles. The molecule has 3 rings (SSSR count). The van der Waals surface area contributed by atoms with Gasteiger partial charge in [-0.25, -0.2) is 13.4 Å². The standard InChI is InChI=1S/C18H19ClN4O3S/c19-16-10-5-13(12-21-16)18(24)22-14-6-8-15(9-7-14)27(25,26)23-17-4-2-1-3-11-20-17/h5-10,12H,1-4,11H2,(H,20,23)(H,22,24). The van der Waals surface area contributed by atoms with E-state index in [-0.39, 0.29) is 10.8 Å². The summed E-state index contributed by atoms with van der Waals surface area (Å²) in [6.07, 6.45) is 4.94. The van der Waals surface area contributed by atoms with E-state index in [1.165, 1.54) is 36.5 Å². The minimum Gasteiger partial charge on any atom is -0.322 e. The zero-order valence-electron chi connectivity index (χ0n) is 14.5. The molecule has 9 heteroatoms. The molecule has 1 aromatic carbocycles. The van der Waals surface area contributed by atoms with E-state index in [4.69, 9.17) is 11.6 Å². The molecular weight excluding hydrogens is 388 g/mol. The number of sulfonamides is 1. The molecule has 2 heterocycles. The van der Waals surface area contributed by atoms with Crippen LogP contribution in [0.15, 0.2) is 52.5 Å². The number of hydrogen-bond donors (Lipinski definition) is 2. The smallest absolute Gasteiger partial charge is 0.262 e. The van der Waals surface area contributed by atoms with Crippen molar-refractivity contribution >= 4 is 39.1 Å². The molecule has 0 bridgehead atoms. The Kier molecular flexibility index (Phi) is 6.08. The van der Waals surface area contributed by atoms with Gasteiger partial charge in [0.05, 0.1) is 10.5 Å². The van der Waals surface area contributed by atoms with Gasteiger partial charge in [-0.15, -0.1) is 0 Å². The van der Waals surface area contributed by atoms with Crippen molar-refractivity contribution < 1.29 is 13.2 Å². The summed E-state index contributed by atoms with van der Waals surface area (Å²) in [5, 5.41) is 2.98. The summed E-state index contributed by atoms with van der Waals surface area (Å²) in [5.41, 5.74) is 0.824. The molecule has 142 valence electrons. The van der Waals surface area contributed by atoms with E-state index in [1.54, 1.807) is 6.07 Å². The number of nitrogens with one attached hydrogen (secondary N) is 2. The number of anilines is 1. The summed E-state index contributed by atoms with van der Waals surface area (Å²) in [6, 6.07) is 9.02. The topological polar surface area (TPSA) is 101 Å². The predicted molar refractivity (Wildman–Crippen MR) is 105 cm³/mol. The van der Waals surface area contributed by atoms with Crippen LogP contribution in [0.5, 0.6) is 0 Å². The number of carbonyl (C=O) groups is 1. The molecule has 0 atom stereocenters. The van der Waals surface area contributed by atoms with Gasteiger partial charge in [0.1, 0.15) is 11.0 Å². The van der Waals surface area contributed by atoms with Gasteiger partial charge >= 0.3 is 0 Å². The van der Waals surface area contributed by atoms with E-state index in [1.807, 2.05) is 0 Å². The van der Waals surface area contributed by atoms with Crippen molar-refractivity contribution in [3.63, 3.8) is 0 Å². The largest absolute Gasteiger partial charge is 0.322 e. The van der Waals surface area contributed by atoms with Crippen molar-refractivity contribution in [3.05, 3.63) is 53.3 Å². The minimum absolute atomic E-state index is 0.112. The lowest BCUT2D eigenvalue weighted by Crippen LogP contribution is -2.30.